The van der Waals surface area contributed by atoms with E-state index in [1.165, 1.54) is 0 Å². The van der Waals surface area contributed by atoms with Crippen LogP contribution in [0.3, 0.4) is 0 Å². The van der Waals surface area contributed by atoms with E-state index in [4.69, 9.17) is 9.47 Å². The molecule has 0 N–H and O–H groups in total. The molecule has 1 aliphatic heterocycles. The van der Waals surface area contributed by atoms with Gasteiger partial charge in [-0.3, -0.25) is 4.90 Å². The lowest BCUT2D eigenvalue weighted by Crippen LogP contribution is -2.53. The summed E-state index contributed by atoms with van der Waals surface area (Å²) in [7, 11) is 3.27. The number of benzene rings is 1. The molecule has 0 saturated carbocycles. The van der Waals surface area contributed by atoms with Gasteiger partial charge in [0, 0.05) is 37.3 Å². The Morgan fingerprint density at radius 1 is 1.26 bits per heavy atom. The van der Waals surface area contributed by atoms with E-state index >= 15 is 0 Å². The molecule has 0 radical (unpaired) electrons. The van der Waals surface area contributed by atoms with Gasteiger partial charge in [-0.05, 0) is 25.1 Å². The van der Waals surface area contributed by atoms with Gasteiger partial charge in [-0.2, -0.15) is 5.26 Å². The van der Waals surface area contributed by atoms with Gasteiger partial charge in [0.05, 0.1) is 20.3 Å². The zero-order chi connectivity index (χ0) is 16.8. The molecule has 1 aliphatic rings. The van der Waals surface area contributed by atoms with E-state index < -0.39 is 0 Å². The van der Waals surface area contributed by atoms with Gasteiger partial charge in [-0.15, -0.1) is 0 Å². The van der Waals surface area contributed by atoms with Crippen molar-refractivity contribution in [3.63, 3.8) is 0 Å². The van der Waals surface area contributed by atoms with Crippen molar-refractivity contribution >= 4 is 0 Å². The largest absolute Gasteiger partial charge is 0.497 e. The fourth-order valence-corrected chi connectivity index (χ4v) is 3.29. The molecule has 0 aliphatic carbocycles. The van der Waals surface area contributed by atoms with E-state index in [0.717, 1.165) is 43.9 Å². The summed E-state index contributed by atoms with van der Waals surface area (Å²) < 4.78 is 10.8. The predicted octanol–water partition coefficient (Wildman–Crippen LogP) is 2.68. The van der Waals surface area contributed by atoms with Gasteiger partial charge in [0.25, 0.3) is 0 Å². The first-order chi connectivity index (χ1) is 11.2. The lowest BCUT2D eigenvalue weighted by Gasteiger charge is -2.43. The quantitative estimate of drug-likeness (QED) is 0.807. The molecule has 0 spiro atoms. The molecule has 5 heteroatoms. The average molecular weight is 317 g/mol. The van der Waals surface area contributed by atoms with E-state index in [-0.39, 0.29) is 6.04 Å². The van der Waals surface area contributed by atoms with E-state index in [1.807, 2.05) is 18.2 Å². The molecule has 1 aromatic carbocycles. The van der Waals surface area contributed by atoms with Crippen LogP contribution in [0.2, 0.25) is 0 Å². The van der Waals surface area contributed by atoms with Crippen molar-refractivity contribution in [1.29, 1.82) is 5.26 Å². The highest BCUT2D eigenvalue weighted by molar-refractivity contribution is 5.44. The fourth-order valence-electron chi connectivity index (χ4n) is 3.29. The van der Waals surface area contributed by atoms with Crippen molar-refractivity contribution < 1.29 is 9.47 Å². The highest BCUT2D eigenvalue weighted by Gasteiger charge is 2.32. The Balaban J connectivity index is 2.30. The van der Waals surface area contributed by atoms with E-state index in [1.54, 1.807) is 14.2 Å². The summed E-state index contributed by atoms with van der Waals surface area (Å²) in [5.41, 5.74) is 0.916. The molecule has 1 fully saturated rings. The van der Waals surface area contributed by atoms with E-state index in [2.05, 4.69) is 29.7 Å². The van der Waals surface area contributed by atoms with Crippen molar-refractivity contribution in [2.45, 2.75) is 32.4 Å². The van der Waals surface area contributed by atoms with Gasteiger partial charge in [-0.1, -0.05) is 13.8 Å². The smallest absolute Gasteiger partial charge is 0.128 e. The first-order valence-electron chi connectivity index (χ1n) is 8.28. The number of ether oxygens (including phenoxy) is 2. The van der Waals surface area contributed by atoms with Crippen molar-refractivity contribution in [3.8, 4) is 17.6 Å². The van der Waals surface area contributed by atoms with Crippen molar-refractivity contribution in [2.24, 2.45) is 0 Å². The third kappa shape index (κ3) is 3.77. The number of rotatable bonds is 6. The molecule has 1 saturated heterocycles. The predicted molar refractivity (Wildman–Crippen MR) is 90.8 cm³/mol. The standard InChI is InChI=1S/C18H27N3O2/c1-5-14-13-20(6-2)9-10-21(14)17(12-19)16-8-7-15(22-3)11-18(16)23-4/h7-8,11,14,17H,5-6,9-10,13H2,1-4H3. The summed E-state index contributed by atoms with van der Waals surface area (Å²) in [4.78, 5) is 4.76. The van der Waals surface area contributed by atoms with Crippen molar-refractivity contribution in [1.82, 2.24) is 9.80 Å². The fraction of sp³-hybridized carbons (Fsp3) is 0.611. The molecule has 5 nitrogen and oxygen atoms in total. The minimum atomic E-state index is -0.292. The molecule has 1 aromatic rings. The maximum atomic E-state index is 9.82. The highest BCUT2D eigenvalue weighted by atomic mass is 16.5. The number of nitriles is 1. The van der Waals surface area contributed by atoms with Gasteiger partial charge >= 0.3 is 0 Å². The van der Waals surface area contributed by atoms with Crippen LogP contribution >= 0.6 is 0 Å². The molecule has 2 unspecified atom stereocenters. The average Bonchev–Trinajstić information content (AvgIpc) is 2.62. The molecule has 126 valence electrons. The minimum absolute atomic E-state index is 0.292. The topological polar surface area (TPSA) is 48.7 Å². The number of hydrogen-bond donors (Lipinski definition) is 0. The van der Waals surface area contributed by atoms with Gasteiger partial charge in [0.15, 0.2) is 0 Å². The van der Waals surface area contributed by atoms with Crippen LogP contribution in [-0.2, 0) is 0 Å². The highest BCUT2D eigenvalue weighted by Crippen LogP contribution is 2.34. The minimum Gasteiger partial charge on any atom is -0.497 e. The summed E-state index contributed by atoms with van der Waals surface area (Å²) in [6.07, 6.45) is 1.03. The molecular formula is C18H27N3O2. The first kappa shape index (κ1) is 17.6. The normalized spacial score (nSPS) is 20.7. The van der Waals surface area contributed by atoms with E-state index in [0.29, 0.717) is 11.8 Å². The van der Waals surface area contributed by atoms with Gasteiger partial charge in [-0.25, -0.2) is 0 Å². The molecule has 23 heavy (non-hydrogen) atoms. The molecule has 2 rings (SSSR count). The zero-order valence-electron chi connectivity index (χ0n) is 14.6. The second kappa shape index (κ2) is 8.19. The van der Waals surface area contributed by atoms with Crippen LogP contribution in [0.15, 0.2) is 18.2 Å². The molecule has 0 amide bonds. The number of piperazine rings is 1. The molecule has 2 atom stereocenters. The van der Waals surface area contributed by atoms with Gasteiger partial charge in [0.1, 0.15) is 17.5 Å². The summed E-state index contributed by atoms with van der Waals surface area (Å²) in [5.74, 6) is 1.45. The van der Waals surface area contributed by atoms with Gasteiger partial charge < -0.3 is 14.4 Å². The number of methoxy groups -OCH3 is 2. The van der Waals surface area contributed by atoms with Crippen molar-refractivity contribution in [3.05, 3.63) is 23.8 Å². The first-order valence-corrected chi connectivity index (χ1v) is 8.28. The summed E-state index contributed by atoms with van der Waals surface area (Å²) in [5, 5.41) is 9.82. The third-order valence-corrected chi connectivity index (χ3v) is 4.72. The SMILES string of the molecule is CCC1CN(CC)CCN1C(C#N)c1ccc(OC)cc1OC. The van der Waals surface area contributed by atoms with Crippen LogP contribution in [0.25, 0.3) is 0 Å². The van der Waals surface area contributed by atoms with E-state index in [9.17, 15) is 5.26 Å². The third-order valence-electron chi connectivity index (χ3n) is 4.72. The van der Waals surface area contributed by atoms with Crippen LogP contribution in [0.4, 0.5) is 0 Å². The Hall–Kier alpha value is -1.77. The van der Waals surface area contributed by atoms with Crippen molar-refractivity contribution in [2.75, 3.05) is 40.4 Å². The zero-order valence-corrected chi connectivity index (χ0v) is 14.6. The lowest BCUT2D eigenvalue weighted by atomic mass is 10.00. The summed E-state index contributed by atoms with van der Waals surface area (Å²) >= 11 is 0. The van der Waals surface area contributed by atoms with Crippen LogP contribution in [0, 0.1) is 11.3 Å². The summed E-state index contributed by atoms with van der Waals surface area (Å²) in [6.45, 7) is 8.37. The Bertz CT molecular complexity index is 556. The summed E-state index contributed by atoms with van der Waals surface area (Å²) in [6, 6.07) is 8.27. The Morgan fingerprint density at radius 2 is 2.04 bits per heavy atom. The lowest BCUT2D eigenvalue weighted by molar-refractivity contribution is 0.0562. The molecule has 0 bridgehead atoms. The monoisotopic (exact) mass is 317 g/mol. The Morgan fingerprint density at radius 3 is 2.61 bits per heavy atom. The van der Waals surface area contributed by atoms with Crippen LogP contribution in [0.1, 0.15) is 31.9 Å². The second-order valence-corrected chi connectivity index (χ2v) is 5.83. The number of hydrogen-bond acceptors (Lipinski definition) is 5. The van der Waals surface area contributed by atoms with Crippen LogP contribution in [0.5, 0.6) is 11.5 Å². The van der Waals surface area contributed by atoms with Gasteiger partial charge in [0.2, 0.25) is 0 Å². The maximum Gasteiger partial charge on any atom is 0.128 e. The Kier molecular flexibility index (Phi) is 6.26. The molecule has 0 aromatic heterocycles. The molecular weight excluding hydrogens is 290 g/mol. The maximum absolute atomic E-state index is 9.82. The van der Waals surface area contributed by atoms with Crippen LogP contribution < -0.4 is 9.47 Å². The number of likely N-dealkylation sites (N-methyl/N-ethyl adjacent to an activating group) is 1. The second-order valence-electron chi connectivity index (χ2n) is 5.83. The Labute approximate surface area is 139 Å². The molecule has 1 heterocycles. The number of nitrogens with zero attached hydrogens (tertiary/aromatic N) is 3. The van der Waals surface area contributed by atoms with Crippen LogP contribution in [-0.4, -0.2) is 56.2 Å².